The van der Waals surface area contributed by atoms with Crippen molar-refractivity contribution >= 4 is 5.91 Å². The van der Waals surface area contributed by atoms with E-state index in [0.717, 1.165) is 0 Å². The van der Waals surface area contributed by atoms with Crippen molar-refractivity contribution in [3.8, 4) is 5.75 Å². The number of halogens is 6. The monoisotopic (exact) mass is 406 g/mol. The number of alkyl halides is 6. The minimum Gasteiger partial charge on any atom is -0.492 e. The van der Waals surface area contributed by atoms with Gasteiger partial charge in [0.2, 0.25) is 5.91 Å². The fourth-order valence-electron chi connectivity index (χ4n) is 2.27. The summed E-state index contributed by atoms with van der Waals surface area (Å²) >= 11 is 0. The Balaban J connectivity index is 1.98. The Morgan fingerprint density at radius 1 is 0.964 bits per heavy atom. The Hall–Kier alpha value is -2.75. The SMILES string of the molecule is NC(C(=O)NCCOc1cc(C(F)(F)F)cc(C(F)(F)F)c1)c1ccccc1. The molecule has 28 heavy (non-hydrogen) atoms. The largest absolute Gasteiger partial charge is 0.492 e. The summed E-state index contributed by atoms with van der Waals surface area (Å²) in [5.41, 5.74) is 3.36. The van der Waals surface area contributed by atoms with Gasteiger partial charge in [-0.1, -0.05) is 30.3 Å². The lowest BCUT2D eigenvalue weighted by atomic mass is 10.1. The summed E-state index contributed by atoms with van der Waals surface area (Å²) in [6.07, 6.45) is -9.92. The van der Waals surface area contributed by atoms with Gasteiger partial charge >= 0.3 is 12.4 Å². The number of hydrogen-bond acceptors (Lipinski definition) is 3. The second-order valence-electron chi connectivity index (χ2n) is 5.77. The number of nitrogens with two attached hydrogens (primary N) is 1. The molecule has 152 valence electrons. The Morgan fingerprint density at radius 2 is 1.50 bits per heavy atom. The second-order valence-corrected chi connectivity index (χ2v) is 5.77. The molecule has 1 amide bonds. The summed E-state index contributed by atoms with van der Waals surface area (Å²) in [5, 5.41) is 2.41. The Kier molecular flexibility index (Phi) is 6.55. The van der Waals surface area contributed by atoms with Gasteiger partial charge in [0.05, 0.1) is 17.7 Å². The molecular weight excluding hydrogens is 390 g/mol. The molecule has 2 aromatic rings. The molecule has 0 aromatic heterocycles. The average molecular weight is 406 g/mol. The normalized spacial score (nSPS) is 13.1. The van der Waals surface area contributed by atoms with Crippen molar-refractivity contribution < 1.29 is 35.9 Å². The predicted octanol–water partition coefficient (Wildman–Crippen LogP) is 3.92. The summed E-state index contributed by atoms with van der Waals surface area (Å²) in [5.74, 6) is -1.17. The van der Waals surface area contributed by atoms with Crippen LogP contribution in [0.4, 0.5) is 26.3 Å². The van der Waals surface area contributed by atoms with E-state index in [-0.39, 0.29) is 19.2 Å². The lowest BCUT2D eigenvalue weighted by Gasteiger charge is -2.16. The van der Waals surface area contributed by atoms with Gasteiger partial charge in [-0.2, -0.15) is 26.3 Å². The smallest absolute Gasteiger partial charge is 0.416 e. The molecular formula is C18H16F6N2O2. The van der Waals surface area contributed by atoms with E-state index in [1.54, 1.807) is 30.3 Å². The van der Waals surface area contributed by atoms with Gasteiger partial charge in [-0.3, -0.25) is 4.79 Å². The number of nitrogens with one attached hydrogen (secondary N) is 1. The van der Waals surface area contributed by atoms with Gasteiger partial charge < -0.3 is 15.8 Å². The summed E-state index contributed by atoms with van der Waals surface area (Å²) in [6, 6.07) is 8.38. The third-order valence-electron chi connectivity index (χ3n) is 3.67. The number of rotatable bonds is 6. The number of amides is 1. The molecule has 0 saturated carbocycles. The molecule has 2 aromatic carbocycles. The maximum Gasteiger partial charge on any atom is 0.416 e. The number of ether oxygens (including phenoxy) is 1. The van der Waals surface area contributed by atoms with Crippen LogP contribution in [0, 0.1) is 0 Å². The van der Waals surface area contributed by atoms with Crippen molar-refractivity contribution in [2.45, 2.75) is 18.4 Å². The van der Waals surface area contributed by atoms with E-state index in [4.69, 9.17) is 10.5 Å². The predicted molar refractivity (Wildman–Crippen MR) is 88.3 cm³/mol. The number of benzene rings is 2. The lowest BCUT2D eigenvalue weighted by molar-refractivity contribution is -0.143. The number of carbonyl (C=O) groups is 1. The minimum absolute atomic E-state index is 0.00745. The first-order valence-corrected chi connectivity index (χ1v) is 7.99. The third-order valence-corrected chi connectivity index (χ3v) is 3.67. The van der Waals surface area contributed by atoms with Crippen LogP contribution in [-0.2, 0) is 17.1 Å². The van der Waals surface area contributed by atoms with Crippen LogP contribution in [0.3, 0.4) is 0 Å². The quantitative estimate of drug-likeness (QED) is 0.565. The van der Waals surface area contributed by atoms with Crippen molar-refractivity contribution in [2.75, 3.05) is 13.2 Å². The lowest BCUT2D eigenvalue weighted by Crippen LogP contribution is -2.36. The minimum atomic E-state index is -4.96. The van der Waals surface area contributed by atoms with E-state index < -0.39 is 41.2 Å². The van der Waals surface area contributed by atoms with E-state index in [1.807, 2.05) is 0 Å². The zero-order chi connectivity index (χ0) is 20.9. The summed E-state index contributed by atoms with van der Waals surface area (Å²) < 4.78 is 81.7. The zero-order valence-electron chi connectivity index (χ0n) is 14.3. The highest BCUT2D eigenvalue weighted by Crippen LogP contribution is 2.38. The van der Waals surface area contributed by atoms with Gasteiger partial charge in [0.25, 0.3) is 0 Å². The van der Waals surface area contributed by atoms with Crippen LogP contribution < -0.4 is 15.8 Å². The number of carbonyl (C=O) groups excluding carboxylic acids is 1. The third kappa shape index (κ3) is 5.88. The van der Waals surface area contributed by atoms with Gasteiger partial charge in [-0.05, 0) is 23.8 Å². The molecule has 4 nitrogen and oxygen atoms in total. The van der Waals surface area contributed by atoms with Crippen LogP contribution in [0.1, 0.15) is 22.7 Å². The van der Waals surface area contributed by atoms with Gasteiger partial charge in [-0.25, -0.2) is 0 Å². The highest BCUT2D eigenvalue weighted by Gasteiger charge is 2.37. The first-order chi connectivity index (χ1) is 13.0. The molecule has 0 aliphatic rings. The fraction of sp³-hybridized carbons (Fsp3) is 0.278. The van der Waals surface area contributed by atoms with Crippen LogP contribution in [0.2, 0.25) is 0 Å². The molecule has 0 radical (unpaired) electrons. The highest BCUT2D eigenvalue weighted by molar-refractivity contribution is 5.82. The van der Waals surface area contributed by atoms with Crippen LogP contribution in [-0.4, -0.2) is 19.1 Å². The maximum absolute atomic E-state index is 12.8. The van der Waals surface area contributed by atoms with Crippen LogP contribution in [0.25, 0.3) is 0 Å². The summed E-state index contributed by atoms with van der Waals surface area (Å²) in [7, 11) is 0. The second kappa shape index (κ2) is 8.51. The molecule has 0 fully saturated rings. The molecule has 0 saturated heterocycles. The molecule has 3 N–H and O–H groups in total. The standard InChI is InChI=1S/C18H16F6N2O2/c19-17(20,21)12-8-13(18(22,23)24)10-14(9-12)28-7-6-26-16(27)15(25)11-4-2-1-3-5-11/h1-5,8-10,15H,6-7,25H2,(H,26,27). The van der Waals surface area contributed by atoms with E-state index in [2.05, 4.69) is 5.32 Å². The van der Waals surface area contributed by atoms with Crippen molar-refractivity contribution in [2.24, 2.45) is 5.73 Å². The molecule has 0 bridgehead atoms. The van der Waals surface area contributed by atoms with E-state index in [9.17, 15) is 31.1 Å². The molecule has 0 aliphatic carbocycles. The summed E-state index contributed by atoms with van der Waals surface area (Å²) in [4.78, 5) is 11.9. The van der Waals surface area contributed by atoms with Gasteiger partial charge in [0, 0.05) is 0 Å². The average Bonchev–Trinajstić information content (AvgIpc) is 2.63. The van der Waals surface area contributed by atoms with Crippen LogP contribution >= 0.6 is 0 Å². The van der Waals surface area contributed by atoms with Crippen LogP contribution in [0.5, 0.6) is 5.75 Å². The van der Waals surface area contributed by atoms with Gasteiger partial charge in [0.15, 0.2) is 0 Å². The molecule has 0 heterocycles. The van der Waals surface area contributed by atoms with E-state index in [0.29, 0.717) is 17.7 Å². The molecule has 2 rings (SSSR count). The number of hydrogen-bond donors (Lipinski definition) is 2. The maximum atomic E-state index is 12.8. The van der Waals surface area contributed by atoms with Crippen molar-refractivity contribution in [1.82, 2.24) is 5.32 Å². The Morgan fingerprint density at radius 3 is 2.00 bits per heavy atom. The van der Waals surface area contributed by atoms with Gasteiger partial charge in [0.1, 0.15) is 18.4 Å². The molecule has 1 atom stereocenters. The first-order valence-electron chi connectivity index (χ1n) is 7.99. The van der Waals surface area contributed by atoms with E-state index >= 15 is 0 Å². The molecule has 0 aliphatic heterocycles. The topological polar surface area (TPSA) is 64.4 Å². The Bertz CT molecular complexity index is 774. The highest BCUT2D eigenvalue weighted by atomic mass is 19.4. The van der Waals surface area contributed by atoms with Crippen LogP contribution in [0.15, 0.2) is 48.5 Å². The summed E-state index contributed by atoms with van der Waals surface area (Å²) in [6.45, 7) is -0.497. The zero-order valence-corrected chi connectivity index (χ0v) is 14.3. The fourth-order valence-corrected chi connectivity index (χ4v) is 2.27. The molecule has 0 spiro atoms. The van der Waals surface area contributed by atoms with Crippen molar-refractivity contribution in [1.29, 1.82) is 0 Å². The molecule has 1 unspecified atom stereocenters. The molecule has 10 heteroatoms. The van der Waals surface area contributed by atoms with Crippen molar-refractivity contribution in [3.05, 3.63) is 65.2 Å². The van der Waals surface area contributed by atoms with Crippen molar-refractivity contribution in [3.63, 3.8) is 0 Å². The van der Waals surface area contributed by atoms with E-state index in [1.165, 1.54) is 0 Å². The van der Waals surface area contributed by atoms with Gasteiger partial charge in [-0.15, -0.1) is 0 Å². The first kappa shape index (κ1) is 21.5. The Labute approximate surface area is 156 Å².